The summed E-state index contributed by atoms with van der Waals surface area (Å²) in [5.41, 5.74) is 13.7. The normalized spacial score (nSPS) is 15.8. The van der Waals surface area contributed by atoms with Gasteiger partial charge in [0.2, 0.25) is 0 Å². The summed E-state index contributed by atoms with van der Waals surface area (Å²) < 4.78 is 74.6. The number of pyridine rings is 4. The predicted molar refractivity (Wildman–Crippen MR) is 471 cm³/mol. The van der Waals surface area contributed by atoms with E-state index in [1.54, 1.807) is 0 Å². The fraction of sp³-hybridized carbons (Fsp3) is 0.240. The minimum atomic E-state index is 0.291. The van der Waals surface area contributed by atoms with Crippen LogP contribution >= 0.6 is 0 Å². The molecular weight excluding hydrogens is 1480 g/mol. The molecule has 10 heterocycles. The highest BCUT2D eigenvalue weighted by Gasteiger charge is 2.22. The van der Waals surface area contributed by atoms with Crippen LogP contribution < -0.4 is 28.7 Å². The molecule has 0 fully saturated rings. The Morgan fingerprint density at radius 2 is 0.534 bits per heavy atom. The number of rotatable bonds is 3. The molecule has 6 aliphatic heterocycles. The zero-order chi connectivity index (χ0) is 79.0. The van der Waals surface area contributed by atoms with Crippen molar-refractivity contribution in [1.82, 2.24) is 19.9 Å². The van der Waals surface area contributed by atoms with E-state index >= 15 is 0 Å². The van der Waals surface area contributed by atoms with Crippen molar-refractivity contribution >= 4 is 98.1 Å². The van der Waals surface area contributed by atoms with Gasteiger partial charge in [-0.3, -0.25) is 0 Å². The Morgan fingerprint density at radius 3 is 1.03 bits per heavy atom. The molecule has 12 aromatic carbocycles. The Hall–Kier alpha value is -12.2. The van der Waals surface area contributed by atoms with Crippen molar-refractivity contribution in [3.8, 4) is 79.2 Å². The van der Waals surface area contributed by atoms with E-state index in [-0.39, 0.29) is 0 Å². The summed E-state index contributed by atoms with van der Waals surface area (Å²) in [7, 11) is 0. The van der Waals surface area contributed by atoms with Gasteiger partial charge in [-0.05, 0) is 194 Å². The second-order valence-electron chi connectivity index (χ2n) is 29.3. The summed E-state index contributed by atoms with van der Waals surface area (Å²) in [4.78, 5) is 26.7. The van der Waals surface area contributed by atoms with E-state index in [9.17, 15) is 0 Å². The molecule has 0 saturated heterocycles. The predicted octanol–water partition coefficient (Wildman–Crippen LogP) is 19.5. The molecule has 118 heavy (non-hydrogen) atoms. The third kappa shape index (κ3) is 18.0. The summed E-state index contributed by atoms with van der Waals surface area (Å²) in [5, 5.41) is 13.5. The molecule has 16 bridgehead atoms. The number of hydrogen-bond acceptors (Lipinski definition) is 18. The zero-order valence-electron chi connectivity index (χ0n) is 66.0. The van der Waals surface area contributed by atoms with Gasteiger partial charge in [-0.25, -0.2) is 19.9 Å². The van der Waals surface area contributed by atoms with Gasteiger partial charge < -0.3 is 66.6 Å². The molecule has 0 radical (unpaired) electrons. The van der Waals surface area contributed by atoms with Gasteiger partial charge in [0, 0.05) is 81.4 Å². The van der Waals surface area contributed by atoms with Crippen molar-refractivity contribution in [2.45, 2.75) is 0 Å². The van der Waals surface area contributed by atoms with Crippen LogP contribution in [0.15, 0.2) is 267 Å². The Labute approximate surface area is 685 Å². The van der Waals surface area contributed by atoms with Gasteiger partial charge in [0.25, 0.3) is 0 Å². The topological polar surface area (TPSA) is 169 Å². The Kier molecular flexibility index (Phi) is 24.4. The molecule has 0 N–H and O–H groups in total. The molecule has 0 spiro atoms. The molecule has 22 rings (SSSR count). The summed E-state index contributed by atoms with van der Waals surface area (Å²) in [6.45, 7) is 11.1. The average Bonchev–Trinajstić information content (AvgIpc) is 0.745. The maximum atomic E-state index is 6.70. The molecule has 18 nitrogen and oxygen atoms in total. The van der Waals surface area contributed by atoms with Gasteiger partial charge in [-0.2, -0.15) is 0 Å². The Morgan fingerprint density at radius 1 is 0.195 bits per heavy atom. The van der Waals surface area contributed by atoms with Crippen LogP contribution in [-0.4, -0.2) is 178 Å². The Bertz CT molecular complexity index is 6140. The molecule has 0 saturated carbocycles. The molecule has 16 aromatic rings. The third-order valence-corrected chi connectivity index (χ3v) is 21.9. The molecule has 0 atom stereocenters. The van der Waals surface area contributed by atoms with Crippen LogP contribution in [0.4, 0.5) is 11.4 Å². The van der Waals surface area contributed by atoms with E-state index in [2.05, 4.69) is 210 Å². The van der Waals surface area contributed by atoms with Crippen LogP contribution in [0.2, 0.25) is 0 Å². The molecule has 0 aliphatic carbocycles. The molecule has 0 unspecified atom stereocenters. The standard InChI is InChI=1S/C100H92N6O12/c1-2-8-76-65-77(26-15-69(76)7-1)105-41-45-107-49-53-111-57-61-115-79-28-16-70(17-29-79)93-38-23-73-13-14-74-25-40-95(103-98(74)97(73)101-93)88-37-34-82(118-64-60-114-56-52-108-46-42-105)67-91(88)92-68-96-72-20-32-81(33-21-72)117-63-59-113-55-51-110-48-44-106(78-27-36-87-85-11-4-3-9-83(85)84-10-5-6-12-86(84)90(87)66-78)43-47-109-50-54-112-58-62-116-80-30-18-71(19-31-80)94-39-24-75-22-35-89(92)100(104-96)99(75)102-94/h1-40,65-68H,41-64H2. The van der Waals surface area contributed by atoms with Gasteiger partial charge in [0.1, 0.15) is 49.4 Å². The highest BCUT2D eigenvalue weighted by atomic mass is 16.6. The quantitative estimate of drug-likeness (QED) is 0.153. The molecule has 18 heteroatoms. The smallest absolute Gasteiger partial charge is 0.120 e. The molecule has 0 amide bonds. The minimum absolute atomic E-state index is 0.291. The first-order valence-corrected chi connectivity index (χ1v) is 40.9. The number of hydrogen-bond donors (Lipinski definition) is 0. The van der Waals surface area contributed by atoms with Crippen LogP contribution in [0.1, 0.15) is 0 Å². The van der Waals surface area contributed by atoms with Gasteiger partial charge >= 0.3 is 0 Å². The average molecular weight is 1570 g/mol. The Balaban J connectivity index is 0.641. The van der Waals surface area contributed by atoms with Crippen LogP contribution in [0.3, 0.4) is 0 Å². The molecule has 4 aromatic heterocycles. The summed E-state index contributed by atoms with van der Waals surface area (Å²) in [5.74, 6) is 2.82. The SMILES string of the molecule is c1ccc2cc(N3CCOCCOCCOc4ccc(cc4)-c4ccc5ccc6ccc(nc6c5n4)-c4ccc(cc4-c4cc5nc6c4ccc4ccc(nc46)-c4ccc(cc4)OCCOCCOCCN(c4ccc6c7ccccc7c7ccccc7c6c4)CCOCCOCCOc4ccc-5cc4)OCCOCCOCC3)ccc2c1. The van der Waals surface area contributed by atoms with Crippen molar-refractivity contribution in [3.63, 3.8) is 0 Å². The fourth-order valence-electron chi connectivity index (χ4n) is 15.8. The number of fused-ring (bicyclic) bond motifs is 11. The highest BCUT2D eigenvalue weighted by molar-refractivity contribution is 6.26. The second-order valence-corrected chi connectivity index (χ2v) is 29.3. The fourth-order valence-corrected chi connectivity index (χ4v) is 15.8. The van der Waals surface area contributed by atoms with Crippen molar-refractivity contribution in [2.75, 3.05) is 168 Å². The van der Waals surface area contributed by atoms with Gasteiger partial charge in [-0.15, -0.1) is 0 Å². The van der Waals surface area contributed by atoms with Crippen molar-refractivity contribution < 1.29 is 56.8 Å². The third-order valence-electron chi connectivity index (χ3n) is 21.9. The lowest BCUT2D eigenvalue weighted by atomic mass is 9.92. The van der Waals surface area contributed by atoms with Crippen LogP contribution in [0.25, 0.3) is 143 Å². The van der Waals surface area contributed by atoms with Crippen molar-refractivity contribution in [3.05, 3.63) is 267 Å². The van der Waals surface area contributed by atoms with E-state index in [4.69, 9.17) is 76.8 Å². The first-order chi connectivity index (χ1) is 58.5. The van der Waals surface area contributed by atoms with E-state index in [0.29, 0.717) is 170 Å². The second kappa shape index (κ2) is 37.4. The van der Waals surface area contributed by atoms with E-state index in [1.165, 1.54) is 43.1 Å². The maximum Gasteiger partial charge on any atom is 0.120 e. The number of benzene rings is 12. The maximum absolute atomic E-state index is 6.70. The van der Waals surface area contributed by atoms with Crippen LogP contribution in [0.5, 0.6) is 23.0 Å². The number of aromatic nitrogens is 4. The summed E-state index contributed by atoms with van der Waals surface area (Å²) in [6, 6.07) is 92.8. The largest absolute Gasteiger partial charge is 0.491 e. The highest BCUT2D eigenvalue weighted by Crippen LogP contribution is 2.44. The zero-order valence-corrected chi connectivity index (χ0v) is 66.0. The van der Waals surface area contributed by atoms with Gasteiger partial charge in [0.15, 0.2) is 0 Å². The van der Waals surface area contributed by atoms with E-state index < -0.39 is 0 Å². The lowest BCUT2D eigenvalue weighted by Crippen LogP contribution is -2.31. The van der Waals surface area contributed by atoms with Gasteiger partial charge in [-0.1, -0.05) is 127 Å². The van der Waals surface area contributed by atoms with E-state index in [1.807, 2.05) is 66.7 Å². The molecule has 6 aliphatic rings. The molecule has 594 valence electrons. The lowest BCUT2D eigenvalue weighted by Gasteiger charge is -2.26. The van der Waals surface area contributed by atoms with Crippen molar-refractivity contribution in [2.24, 2.45) is 0 Å². The monoisotopic (exact) mass is 1570 g/mol. The van der Waals surface area contributed by atoms with E-state index in [0.717, 1.165) is 123 Å². The van der Waals surface area contributed by atoms with Crippen LogP contribution in [0, 0.1) is 0 Å². The summed E-state index contributed by atoms with van der Waals surface area (Å²) >= 11 is 0. The minimum Gasteiger partial charge on any atom is -0.491 e. The number of ether oxygens (including phenoxy) is 12. The first-order valence-electron chi connectivity index (χ1n) is 40.9. The summed E-state index contributed by atoms with van der Waals surface area (Å²) in [6.07, 6.45) is 0. The first kappa shape index (κ1) is 77.1. The van der Waals surface area contributed by atoms with Gasteiger partial charge in [0.05, 0.1) is 151 Å². The number of nitrogens with zero attached hydrogens (tertiary/aromatic N) is 6. The van der Waals surface area contributed by atoms with Crippen LogP contribution in [-0.2, 0) is 37.9 Å². The molecular formula is C100H92N6O12. The number of anilines is 2. The lowest BCUT2D eigenvalue weighted by molar-refractivity contribution is 0.0347. The van der Waals surface area contributed by atoms with Crippen molar-refractivity contribution in [1.29, 1.82) is 0 Å².